The second-order valence-corrected chi connectivity index (χ2v) is 4.24. The molecule has 4 heteroatoms. The van der Waals surface area contributed by atoms with Gasteiger partial charge in [-0.15, -0.1) is 0 Å². The van der Waals surface area contributed by atoms with E-state index in [2.05, 4.69) is 11.8 Å². The van der Waals surface area contributed by atoms with Gasteiger partial charge in [-0.25, -0.2) is 4.79 Å². The van der Waals surface area contributed by atoms with Crippen LogP contribution in [0.4, 0.5) is 0 Å². The third-order valence-corrected chi connectivity index (χ3v) is 2.99. The molecule has 0 radical (unpaired) electrons. The van der Waals surface area contributed by atoms with E-state index < -0.39 is 0 Å². The zero-order chi connectivity index (χ0) is 11.8. The highest BCUT2D eigenvalue weighted by atomic mass is 16.6. The van der Waals surface area contributed by atoms with E-state index >= 15 is 0 Å². The summed E-state index contributed by atoms with van der Waals surface area (Å²) in [5.41, 5.74) is 0. The van der Waals surface area contributed by atoms with Gasteiger partial charge in [0.1, 0.15) is 6.61 Å². The summed E-state index contributed by atoms with van der Waals surface area (Å²) in [5, 5.41) is 0. The molecule has 0 aromatic carbocycles. The third-order valence-electron chi connectivity index (χ3n) is 2.99. The van der Waals surface area contributed by atoms with Crippen LogP contribution < -0.4 is 0 Å². The van der Waals surface area contributed by atoms with Crippen molar-refractivity contribution in [1.29, 1.82) is 0 Å². The van der Waals surface area contributed by atoms with Gasteiger partial charge < -0.3 is 9.47 Å². The lowest BCUT2D eigenvalue weighted by Crippen LogP contribution is -2.39. The Morgan fingerprint density at radius 3 is 2.94 bits per heavy atom. The molecule has 0 aliphatic carbocycles. The highest BCUT2D eigenvalue weighted by Crippen LogP contribution is 2.15. The van der Waals surface area contributed by atoms with Crippen LogP contribution >= 0.6 is 0 Å². The minimum absolute atomic E-state index is 0.0794. The van der Waals surface area contributed by atoms with E-state index in [9.17, 15) is 4.79 Å². The van der Waals surface area contributed by atoms with E-state index in [1.54, 1.807) is 6.92 Å². The van der Waals surface area contributed by atoms with Crippen LogP contribution in [0.5, 0.6) is 0 Å². The van der Waals surface area contributed by atoms with Gasteiger partial charge in [-0.1, -0.05) is 6.42 Å². The van der Waals surface area contributed by atoms with Gasteiger partial charge in [-0.3, -0.25) is 4.90 Å². The van der Waals surface area contributed by atoms with Crippen molar-refractivity contribution in [2.24, 2.45) is 0 Å². The number of hydrogen-bond donors (Lipinski definition) is 0. The first kappa shape index (κ1) is 13.5. The average molecular weight is 229 g/mol. The molecule has 94 valence electrons. The highest BCUT2D eigenvalue weighted by molar-refractivity contribution is 5.70. The number of esters is 1. The fourth-order valence-electron chi connectivity index (χ4n) is 2.03. The van der Waals surface area contributed by atoms with Crippen LogP contribution in [0.25, 0.3) is 0 Å². The average Bonchev–Trinajstić information content (AvgIpc) is 2.27. The Bertz CT molecular complexity index is 208. The molecule has 16 heavy (non-hydrogen) atoms. The van der Waals surface area contributed by atoms with Crippen LogP contribution in [0.2, 0.25) is 0 Å². The number of nitrogens with zero attached hydrogens (tertiary/aromatic N) is 1. The fourth-order valence-corrected chi connectivity index (χ4v) is 2.03. The van der Waals surface area contributed by atoms with Gasteiger partial charge in [0.2, 0.25) is 0 Å². The van der Waals surface area contributed by atoms with E-state index in [1.807, 2.05) is 0 Å². The maximum atomic E-state index is 11.0. The van der Waals surface area contributed by atoms with E-state index in [0.717, 1.165) is 13.1 Å². The minimum Gasteiger partial charge on any atom is -0.464 e. The van der Waals surface area contributed by atoms with Crippen molar-refractivity contribution in [3.05, 3.63) is 0 Å². The molecule has 1 heterocycles. The van der Waals surface area contributed by atoms with Gasteiger partial charge in [0, 0.05) is 12.6 Å². The van der Waals surface area contributed by atoms with Gasteiger partial charge >= 0.3 is 5.97 Å². The Labute approximate surface area is 97.9 Å². The molecule has 1 fully saturated rings. The van der Waals surface area contributed by atoms with Crippen LogP contribution in [0.3, 0.4) is 0 Å². The van der Waals surface area contributed by atoms with Gasteiger partial charge in [0.05, 0.1) is 13.2 Å². The molecule has 4 nitrogen and oxygen atoms in total. The molecule has 0 N–H and O–H groups in total. The topological polar surface area (TPSA) is 38.8 Å². The first-order valence-electron chi connectivity index (χ1n) is 6.21. The molecule has 1 unspecified atom stereocenters. The van der Waals surface area contributed by atoms with Crippen molar-refractivity contribution in [1.82, 2.24) is 4.90 Å². The van der Waals surface area contributed by atoms with Crippen molar-refractivity contribution in [2.45, 2.75) is 39.2 Å². The number of ether oxygens (including phenoxy) is 2. The normalized spacial score (nSPS) is 22.0. The predicted molar refractivity (Wildman–Crippen MR) is 62.3 cm³/mol. The summed E-state index contributed by atoms with van der Waals surface area (Å²) in [6, 6.07) is 0.653. The van der Waals surface area contributed by atoms with Gasteiger partial charge in [0.25, 0.3) is 0 Å². The zero-order valence-corrected chi connectivity index (χ0v) is 10.4. The van der Waals surface area contributed by atoms with Crippen LogP contribution in [-0.2, 0) is 14.3 Å². The summed E-state index contributed by atoms with van der Waals surface area (Å²) in [5.74, 6) is -0.269. The largest absolute Gasteiger partial charge is 0.464 e. The molecule has 1 rings (SSSR count). The van der Waals surface area contributed by atoms with Crippen molar-refractivity contribution in [2.75, 3.05) is 32.9 Å². The predicted octanol–water partition coefficient (Wildman–Crippen LogP) is 1.44. The number of piperidine rings is 1. The van der Waals surface area contributed by atoms with Crippen molar-refractivity contribution >= 4 is 5.97 Å². The van der Waals surface area contributed by atoms with Crippen molar-refractivity contribution < 1.29 is 14.3 Å². The second kappa shape index (κ2) is 7.63. The molecule has 1 saturated heterocycles. The summed E-state index contributed by atoms with van der Waals surface area (Å²) < 4.78 is 10.1. The number of rotatable bonds is 6. The molecule has 0 spiro atoms. The monoisotopic (exact) mass is 229 g/mol. The first-order valence-corrected chi connectivity index (χ1v) is 6.21. The first-order chi connectivity index (χ1) is 7.74. The Hall–Kier alpha value is -0.610. The second-order valence-electron chi connectivity index (χ2n) is 4.24. The lowest BCUT2D eigenvalue weighted by atomic mass is 10.0. The number of hydrogen-bond acceptors (Lipinski definition) is 4. The van der Waals surface area contributed by atoms with Crippen molar-refractivity contribution in [3.63, 3.8) is 0 Å². The highest BCUT2D eigenvalue weighted by Gasteiger charge is 2.17. The van der Waals surface area contributed by atoms with E-state index in [1.165, 1.54) is 19.3 Å². The summed E-state index contributed by atoms with van der Waals surface area (Å²) in [6.07, 6.45) is 3.89. The fraction of sp³-hybridized carbons (Fsp3) is 0.917. The van der Waals surface area contributed by atoms with E-state index in [-0.39, 0.29) is 12.6 Å². The number of carbonyl (C=O) groups excluding carboxylic acids is 1. The molecule has 0 bridgehead atoms. The lowest BCUT2D eigenvalue weighted by Gasteiger charge is -2.33. The maximum absolute atomic E-state index is 11.0. The van der Waals surface area contributed by atoms with Crippen molar-refractivity contribution in [3.8, 4) is 0 Å². The molecular weight excluding hydrogens is 206 g/mol. The molecule has 1 aliphatic heterocycles. The van der Waals surface area contributed by atoms with E-state index in [4.69, 9.17) is 9.47 Å². The molecule has 0 aromatic rings. The Morgan fingerprint density at radius 2 is 2.25 bits per heavy atom. The molecule has 0 amide bonds. The summed E-state index contributed by atoms with van der Waals surface area (Å²) in [6.45, 7) is 7.24. The molecule has 0 saturated carbocycles. The standard InChI is InChI=1S/C12H23NO3/c1-3-16-12(14)10-15-9-8-13-7-5-4-6-11(13)2/h11H,3-10H2,1-2H3. The van der Waals surface area contributed by atoms with Crippen LogP contribution in [0, 0.1) is 0 Å². The van der Waals surface area contributed by atoms with Gasteiger partial charge in [-0.05, 0) is 33.2 Å². The summed E-state index contributed by atoms with van der Waals surface area (Å²) >= 11 is 0. The third kappa shape index (κ3) is 4.94. The van der Waals surface area contributed by atoms with Gasteiger partial charge in [0.15, 0.2) is 0 Å². The van der Waals surface area contributed by atoms with Crippen LogP contribution in [0.15, 0.2) is 0 Å². The Morgan fingerprint density at radius 1 is 1.44 bits per heavy atom. The Balaban J connectivity index is 2.03. The van der Waals surface area contributed by atoms with E-state index in [0.29, 0.717) is 19.3 Å². The van der Waals surface area contributed by atoms with Gasteiger partial charge in [-0.2, -0.15) is 0 Å². The lowest BCUT2D eigenvalue weighted by molar-refractivity contribution is -0.148. The number of carbonyl (C=O) groups is 1. The summed E-state index contributed by atoms with van der Waals surface area (Å²) in [4.78, 5) is 13.4. The quantitative estimate of drug-likeness (QED) is 0.510. The number of likely N-dealkylation sites (tertiary alicyclic amines) is 1. The smallest absolute Gasteiger partial charge is 0.332 e. The Kier molecular flexibility index (Phi) is 6.42. The SMILES string of the molecule is CCOC(=O)COCCN1CCCCC1C. The minimum atomic E-state index is -0.269. The van der Waals surface area contributed by atoms with Crippen LogP contribution in [0.1, 0.15) is 33.1 Å². The molecule has 0 aromatic heterocycles. The molecule has 1 atom stereocenters. The molecule has 1 aliphatic rings. The zero-order valence-electron chi connectivity index (χ0n) is 10.4. The van der Waals surface area contributed by atoms with Crippen LogP contribution in [-0.4, -0.2) is 49.8 Å². The summed E-state index contributed by atoms with van der Waals surface area (Å²) in [7, 11) is 0. The maximum Gasteiger partial charge on any atom is 0.332 e. The molecular formula is C12H23NO3.